The quantitative estimate of drug-likeness (QED) is 0.172. The van der Waals surface area contributed by atoms with Crippen LogP contribution in [0.25, 0.3) is 72.3 Å². The molecule has 0 radical (unpaired) electrons. The molecule has 0 fully saturated rings. The molecule has 0 aliphatic heterocycles. The Morgan fingerprint density at radius 3 is 2.02 bits per heavy atom. The molecule has 2 heterocycles. The van der Waals surface area contributed by atoms with Gasteiger partial charge in [0, 0.05) is 44.5 Å². The molecule has 2 aromatic heterocycles. The Morgan fingerprint density at radius 2 is 1.16 bits per heavy atom. The lowest BCUT2D eigenvalue weighted by Crippen LogP contribution is -2.15. The summed E-state index contributed by atoms with van der Waals surface area (Å²) < 4.78 is 8.81. The summed E-state index contributed by atoms with van der Waals surface area (Å²) in [6.45, 7) is 4.67. The fourth-order valence-electron chi connectivity index (χ4n) is 8.97. The number of anilines is 3. The molecule has 0 spiro atoms. The highest BCUT2D eigenvalue weighted by Gasteiger charge is 2.35. The standard InChI is InChI=1S/C52H37N3O/c1-52(2)44-23-10-9-21-40(44)42-32-38(27-29-45(42)52)54(37-20-13-17-35(31-37)34-15-5-3-6-16-34)39-28-30-47-43(33-39)50-41(51-53-46-24-11-12-26-49(46)56-51)22-14-25-48(50)55(47)36-18-7-4-8-19-36/h3-33H,1-2H3. The fraction of sp³-hybridized carbons (Fsp3) is 0.0577. The van der Waals surface area contributed by atoms with Crippen LogP contribution in [0.2, 0.25) is 0 Å². The van der Waals surface area contributed by atoms with Crippen molar-refractivity contribution in [2.75, 3.05) is 4.90 Å². The highest BCUT2D eigenvalue weighted by Crippen LogP contribution is 2.51. The summed E-state index contributed by atoms with van der Waals surface area (Å²) in [7, 11) is 0. The molecule has 8 aromatic carbocycles. The van der Waals surface area contributed by atoms with Crippen LogP contribution in [0.1, 0.15) is 25.0 Å². The molecule has 1 aliphatic carbocycles. The van der Waals surface area contributed by atoms with Gasteiger partial charge in [0.1, 0.15) is 5.52 Å². The van der Waals surface area contributed by atoms with Crippen molar-refractivity contribution in [3.05, 3.63) is 199 Å². The second-order valence-corrected chi connectivity index (χ2v) is 15.2. The first-order chi connectivity index (χ1) is 27.5. The molecule has 10 aromatic rings. The van der Waals surface area contributed by atoms with Gasteiger partial charge in [0.05, 0.1) is 11.0 Å². The van der Waals surface area contributed by atoms with Gasteiger partial charge in [-0.15, -0.1) is 0 Å². The topological polar surface area (TPSA) is 34.2 Å². The van der Waals surface area contributed by atoms with E-state index in [-0.39, 0.29) is 5.41 Å². The lowest BCUT2D eigenvalue weighted by atomic mass is 9.82. The van der Waals surface area contributed by atoms with E-state index in [0.717, 1.165) is 61.2 Å². The van der Waals surface area contributed by atoms with Crippen molar-refractivity contribution in [3.8, 4) is 39.4 Å². The largest absolute Gasteiger partial charge is 0.436 e. The van der Waals surface area contributed by atoms with E-state index in [9.17, 15) is 0 Å². The third-order valence-electron chi connectivity index (χ3n) is 11.6. The van der Waals surface area contributed by atoms with E-state index in [1.54, 1.807) is 0 Å². The van der Waals surface area contributed by atoms with E-state index < -0.39 is 0 Å². The molecule has 0 saturated carbocycles. The third-order valence-corrected chi connectivity index (χ3v) is 11.6. The fourth-order valence-corrected chi connectivity index (χ4v) is 8.97. The summed E-state index contributed by atoms with van der Waals surface area (Å²) in [4.78, 5) is 7.40. The van der Waals surface area contributed by atoms with Crippen molar-refractivity contribution in [2.24, 2.45) is 0 Å². The van der Waals surface area contributed by atoms with Gasteiger partial charge in [-0.1, -0.05) is 123 Å². The minimum atomic E-state index is -0.0816. The highest BCUT2D eigenvalue weighted by molar-refractivity contribution is 6.16. The van der Waals surface area contributed by atoms with Gasteiger partial charge >= 0.3 is 0 Å². The number of para-hydroxylation sites is 3. The molecule has 4 heteroatoms. The first-order valence-electron chi connectivity index (χ1n) is 19.2. The molecule has 11 rings (SSSR count). The predicted molar refractivity (Wildman–Crippen MR) is 231 cm³/mol. The van der Waals surface area contributed by atoms with Crippen LogP contribution in [0, 0.1) is 0 Å². The number of benzene rings is 8. The number of oxazole rings is 1. The van der Waals surface area contributed by atoms with Gasteiger partial charge in [-0.05, 0) is 112 Å². The first-order valence-corrected chi connectivity index (χ1v) is 19.2. The summed E-state index contributed by atoms with van der Waals surface area (Å²) in [5.41, 5.74) is 16.7. The number of rotatable bonds is 6. The Bertz CT molecular complexity index is 3080. The van der Waals surface area contributed by atoms with Crippen molar-refractivity contribution in [2.45, 2.75) is 19.3 Å². The number of aromatic nitrogens is 2. The van der Waals surface area contributed by atoms with E-state index in [0.29, 0.717) is 5.89 Å². The molecular weight excluding hydrogens is 683 g/mol. The van der Waals surface area contributed by atoms with Gasteiger partial charge in [0.25, 0.3) is 0 Å². The van der Waals surface area contributed by atoms with Gasteiger partial charge in [-0.3, -0.25) is 0 Å². The molecule has 0 bridgehead atoms. The summed E-state index contributed by atoms with van der Waals surface area (Å²) in [5, 5.41) is 2.22. The summed E-state index contributed by atoms with van der Waals surface area (Å²) in [6.07, 6.45) is 0. The van der Waals surface area contributed by atoms with Crippen molar-refractivity contribution in [1.82, 2.24) is 9.55 Å². The van der Waals surface area contributed by atoms with Crippen LogP contribution in [0.15, 0.2) is 192 Å². The van der Waals surface area contributed by atoms with Crippen LogP contribution in [0.3, 0.4) is 0 Å². The van der Waals surface area contributed by atoms with Gasteiger partial charge in [-0.25, -0.2) is 4.98 Å². The Morgan fingerprint density at radius 1 is 0.500 bits per heavy atom. The van der Waals surface area contributed by atoms with E-state index in [1.807, 2.05) is 24.3 Å². The summed E-state index contributed by atoms with van der Waals surface area (Å²) >= 11 is 0. The molecule has 0 amide bonds. The Balaban J connectivity index is 1.18. The number of hydrogen-bond acceptors (Lipinski definition) is 3. The second-order valence-electron chi connectivity index (χ2n) is 15.2. The van der Waals surface area contributed by atoms with Crippen molar-refractivity contribution in [1.29, 1.82) is 0 Å². The lowest BCUT2D eigenvalue weighted by Gasteiger charge is -2.28. The number of fused-ring (bicyclic) bond motifs is 7. The minimum Gasteiger partial charge on any atom is -0.436 e. The number of hydrogen-bond donors (Lipinski definition) is 0. The normalized spacial score (nSPS) is 13.0. The van der Waals surface area contributed by atoms with Crippen LogP contribution in [0.5, 0.6) is 0 Å². The van der Waals surface area contributed by atoms with Crippen LogP contribution >= 0.6 is 0 Å². The molecule has 1 aliphatic rings. The molecule has 0 unspecified atom stereocenters. The zero-order valence-corrected chi connectivity index (χ0v) is 31.1. The number of nitrogens with zero attached hydrogens (tertiary/aromatic N) is 3. The summed E-state index contributed by atoms with van der Waals surface area (Å²) in [5.74, 6) is 0.613. The maximum atomic E-state index is 6.45. The molecule has 0 atom stereocenters. The smallest absolute Gasteiger partial charge is 0.228 e. The monoisotopic (exact) mass is 719 g/mol. The summed E-state index contributed by atoms with van der Waals surface area (Å²) in [6, 6.07) is 67.3. The highest BCUT2D eigenvalue weighted by atomic mass is 16.3. The third kappa shape index (κ3) is 4.96. The van der Waals surface area contributed by atoms with Crippen LogP contribution in [-0.4, -0.2) is 9.55 Å². The SMILES string of the molecule is CC1(C)c2ccccc2-c2cc(N(c3cccc(-c4ccccc4)c3)c3ccc4c(c3)c3c(-c5nc6ccccc6o5)cccc3n4-c3ccccc3)ccc21. The maximum absolute atomic E-state index is 6.45. The Kier molecular flexibility index (Phi) is 7.17. The maximum Gasteiger partial charge on any atom is 0.228 e. The van der Waals surface area contributed by atoms with E-state index in [4.69, 9.17) is 9.40 Å². The van der Waals surface area contributed by atoms with Gasteiger partial charge in [0.15, 0.2) is 5.58 Å². The van der Waals surface area contributed by atoms with E-state index in [1.165, 1.54) is 33.4 Å². The predicted octanol–water partition coefficient (Wildman–Crippen LogP) is 14.0. The molecule has 0 saturated heterocycles. The average Bonchev–Trinajstić information content (AvgIpc) is 3.90. The lowest BCUT2D eigenvalue weighted by molar-refractivity contribution is 0.620. The minimum absolute atomic E-state index is 0.0816. The molecule has 4 nitrogen and oxygen atoms in total. The Hall–Kier alpha value is -7.17. The van der Waals surface area contributed by atoms with Gasteiger partial charge in [0.2, 0.25) is 5.89 Å². The van der Waals surface area contributed by atoms with Gasteiger partial charge in [-0.2, -0.15) is 0 Å². The van der Waals surface area contributed by atoms with Gasteiger partial charge < -0.3 is 13.9 Å². The van der Waals surface area contributed by atoms with Crippen molar-refractivity contribution >= 4 is 50.0 Å². The second kappa shape index (κ2) is 12.4. The van der Waals surface area contributed by atoms with Crippen LogP contribution in [0.4, 0.5) is 17.1 Å². The Labute approximate surface area is 325 Å². The van der Waals surface area contributed by atoms with E-state index in [2.05, 4.69) is 187 Å². The molecule has 56 heavy (non-hydrogen) atoms. The average molecular weight is 720 g/mol. The van der Waals surface area contributed by atoms with Crippen molar-refractivity contribution in [3.63, 3.8) is 0 Å². The van der Waals surface area contributed by atoms with Crippen molar-refractivity contribution < 1.29 is 4.42 Å². The molecular formula is C52H37N3O. The zero-order valence-electron chi connectivity index (χ0n) is 31.1. The van der Waals surface area contributed by atoms with E-state index >= 15 is 0 Å². The van der Waals surface area contributed by atoms with Crippen LogP contribution in [-0.2, 0) is 5.41 Å². The van der Waals surface area contributed by atoms with Crippen LogP contribution < -0.4 is 4.90 Å². The zero-order chi connectivity index (χ0) is 37.4. The molecule has 266 valence electrons. The first kappa shape index (κ1) is 32.3. The molecule has 0 N–H and O–H groups in total.